The van der Waals surface area contributed by atoms with Gasteiger partial charge in [0, 0.05) is 42.0 Å². The average Bonchev–Trinajstić information content (AvgIpc) is 3.52. The third-order valence-electron chi connectivity index (χ3n) is 7.71. The predicted molar refractivity (Wildman–Crippen MR) is 140 cm³/mol. The Morgan fingerprint density at radius 2 is 2.03 bits per heavy atom. The lowest BCUT2D eigenvalue weighted by molar-refractivity contribution is 0.0767. The molecule has 1 amide bonds. The monoisotopic (exact) mass is 481 g/mol. The maximum atomic E-state index is 13.6. The summed E-state index contributed by atoms with van der Waals surface area (Å²) in [7, 11) is 4.03. The topological polar surface area (TPSA) is 72.3 Å². The van der Waals surface area contributed by atoms with Crippen molar-refractivity contribution in [1.82, 2.24) is 25.0 Å². The Bertz CT molecular complexity index is 1460. The van der Waals surface area contributed by atoms with Gasteiger partial charge in [0.1, 0.15) is 12.4 Å². The summed E-state index contributed by atoms with van der Waals surface area (Å²) in [5, 5.41) is 8.80. The van der Waals surface area contributed by atoms with Crippen molar-refractivity contribution >= 4 is 16.8 Å². The lowest BCUT2D eigenvalue weighted by Gasteiger charge is -2.37. The summed E-state index contributed by atoms with van der Waals surface area (Å²) in [4.78, 5) is 20.5. The van der Waals surface area contributed by atoms with Gasteiger partial charge in [-0.3, -0.25) is 19.4 Å². The highest BCUT2D eigenvalue weighted by molar-refractivity contribution is 5.98. The molecule has 36 heavy (non-hydrogen) atoms. The number of ether oxygens (including phenoxy) is 1. The lowest BCUT2D eigenvalue weighted by Crippen LogP contribution is -2.48. The number of rotatable bonds is 7. The standard InChI is InChI=1S/C29H31N5O2/c1-19-6-7-23(36-18-22-8-12-33(22)2)15-25(19)28(35)32-29(9-10-29)26-13-20(21-16-31-34(3)17-21)14-27-24(26)5-4-11-30-27/h4-7,11,13-17,22H,8-10,12,18H2,1-3H3,(H,32,35)/t22-/m0/s1. The number of carbonyl (C=O) groups is 1. The van der Waals surface area contributed by atoms with Crippen LogP contribution in [0.25, 0.3) is 22.0 Å². The highest BCUT2D eigenvalue weighted by atomic mass is 16.5. The van der Waals surface area contributed by atoms with Crippen molar-refractivity contribution in [3.63, 3.8) is 0 Å². The molecule has 1 aliphatic heterocycles. The largest absolute Gasteiger partial charge is 0.492 e. The first-order chi connectivity index (χ1) is 17.4. The lowest BCUT2D eigenvalue weighted by atomic mass is 9.94. The summed E-state index contributed by atoms with van der Waals surface area (Å²) >= 11 is 0. The fourth-order valence-corrected chi connectivity index (χ4v) is 5.10. The molecule has 1 atom stereocenters. The van der Waals surface area contributed by atoms with Crippen molar-refractivity contribution in [2.75, 3.05) is 20.2 Å². The number of likely N-dealkylation sites (N-methyl/N-ethyl adjacent to an activating group) is 1. The van der Waals surface area contributed by atoms with Crippen molar-refractivity contribution in [3.05, 3.63) is 77.7 Å². The number of likely N-dealkylation sites (tertiary alicyclic amines) is 1. The molecule has 1 N–H and O–H groups in total. The summed E-state index contributed by atoms with van der Waals surface area (Å²) in [6, 6.07) is 14.6. The quantitative estimate of drug-likeness (QED) is 0.422. The Balaban J connectivity index is 1.30. The number of hydrogen-bond acceptors (Lipinski definition) is 5. The molecule has 2 aromatic carbocycles. The van der Waals surface area contributed by atoms with Crippen LogP contribution in [0, 0.1) is 6.92 Å². The number of carbonyl (C=O) groups excluding carboxylic acids is 1. The van der Waals surface area contributed by atoms with Gasteiger partial charge in [0.05, 0.1) is 17.3 Å². The molecule has 6 rings (SSSR count). The summed E-state index contributed by atoms with van der Waals surface area (Å²) in [6.07, 6.45) is 8.61. The SMILES string of the molecule is Cc1ccc(OC[C@@H]2CCN2C)cc1C(=O)NC1(c2cc(-c3cnn(C)c3)cc3ncccc23)CC1. The number of pyridine rings is 1. The van der Waals surface area contributed by atoms with Crippen LogP contribution in [0.2, 0.25) is 0 Å². The Kier molecular flexibility index (Phi) is 5.52. The molecule has 7 nitrogen and oxygen atoms in total. The minimum Gasteiger partial charge on any atom is -0.492 e. The number of aromatic nitrogens is 3. The molecule has 1 aliphatic carbocycles. The maximum absolute atomic E-state index is 13.6. The minimum atomic E-state index is -0.408. The van der Waals surface area contributed by atoms with E-state index in [1.54, 1.807) is 4.68 Å². The number of hydrogen-bond donors (Lipinski definition) is 1. The molecule has 0 bridgehead atoms. The van der Waals surface area contributed by atoms with Crippen LogP contribution in [0.15, 0.2) is 61.1 Å². The highest BCUT2D eigenvalue weighted by Crippen LogP contribution is 2.49. The van der Waals surface area contributed by atoms with Crippen LogP contribution in [0.5, 0.6) is 5.75 Å². The zero-order valence-electron chi connectivity index (χ0n) is 21.0. The van der Waals surface area contributed by atoms with Gasteiger partial charge in [0.2, 0.25) is 0 Å². The molecule has 1 saturated heterocycles. The molecular formula is C29H31N5O2. The normalized spacial score (nSPS) is 18.6. The van der Waals surface area contributed by atoms with Gasteiger partial charge < -0.3 is 10.1 Å². The van der Waals surface area contributed by atoms with E-state index in [2.05, 4.69) is 45.5 Å². The number of aryl methyl sites for hydroxylation is 2. The van der Waals surface area contributed by atoms with Crippen LogP contribution in [-0.4, -0.2) is 51.8 Å². The summed E-state index contributed by atoms with van der Waals surface area (Å²) in [5.74, 6) is 0.671. The van der Waals surface area contributed by atoms with E-state index in [0.717, 1.165) is 64.7 Å². The van der Waals surface area contributed by atoms with Crippen LogP contribution >= 0.6 is 0 Å². The second-order valence-electron chi connectivity index (χ2n) is 10.2. The predicted octanol–water partition coefficient (Wildman–Crippen LogP) is 4.45. The molecule has 2 aromatic heterocycles. The minimum absolute atomic E-state index is 0.0694. The zero-order chi connectivity index (χ0) is 24.9. The molecule has 0 radical (unpaired) electrons. The first-order valence-electron chi connectivity index (χ1n) is 12.6. The first kappa shape index (κ1) is 22.7. The van der Waals surface area contributed by atoms with Crippen molar-refractivity contribution in [2.45, 2.75) is 37.8 Å². The third-order valence-corrected chi connectivity index (χ3v) is 7.71. The van der Waals surface area contributed by atoms with Gasteiger partial charge in [0.25, 0.3) is 5.91 Å². The molecule has 2 fully saturated rings. The number of nitrogens with zero attached hydrogens (tertiary/aromatic N) is 4. The van der Waals surface area contributed by atoms with Gasteiger partial charge in [-0.1, -0.05) is 12.1 Å². The fourth-order valence-electron chi connectivity index (χ4n) is 5.10. The summed E-state index contributed by atoms with van der Waals surface area (Å²) in [5.41, 5.74) is 5.30. The van der Waals surface area contributed by atoms with Gasteiger partial charge >= 0.3 is 0 Å². The number of fused-ring (bicyclic) bond motifs is 1. The summed E-state index contributed by atoms with van der Waals surface area (Å²) in [6.45, 7) is 3.73. The van der Waals surface area contributed by atoms with Crippen molar-refractivity contribution in [3.8, 4) is 16.9 Å². The van der Waals surface area contributed by atoms with Crippen LogP contribution in [0.4, 0.5) is 0 Å². The highest BCUT2D eigenvalue weighted by Gasteiger charge is 2.47. The maximum Gasteiger partial charge on any atom is 0.252 e. The van der Waals surface area contributed by atoms with E-state index in [-0.39, 0.29) is 5.91 Å². The number of benzene rings is 2. The van der Waals surface area contributed by atoms with Crippen LogP contribution in [-0.2, 0) is 12.6 Å². The Morgan fingerprint density at radius 1 is 1.17 bits per heavy atom. The van der Waals surface area contributed by atoms with E-state index >= 15 is 0 Å². The molecule has 1 saturated carbocycles. The molecule has 0 unspecified atom stereocenters. The van der Waals surface area contributed by atoms with Crippen LogP contribution in [0.3, 0.4) is 0 Å². The second-order valence-corrected chi connectivity index (χ2v) is 10.2. The molecule has 4 aromatic rings. The van der Waals surface area contributed by atoms with Gasteiger partial charge in [0.15, 0.2) is 0 Å². The third kappa shape index (κ3) is 4.13. The van der Waals surface area contributed by atoms with Gasteiger partial charge in [-0.05, 0) is 86.8 Å². The van der Waals surface area contributed by atoms with Crippen LogP contribution < -0.4 is 10.1 Å². The smallest absolute Gasteiger partial charge is 0.252 e. The van der Waals surface area contributed by atoms with E-state index < -0.39 is 5.54 Å². The van der Waals surface area contributed by atoms with Gasteiger partial charge in [-0.25, -0.2) is 0 Å². The van der Waals surface area contributed by atoms with Gasteiger partial charge in [-0.2, -0.15) is 5.10 Å². The molecule has 2 aliphatic rings. The van der Waals surface area contributed by atoms with E-state index in [1.165, 1.54) is 0 Å². The van der Waals surface area contributed by atoms with E-state index in [0.29, 0.717) is 18.2 Å². The average molecular weight is 482 g/mol. The fraction of sp³-hybridized carbons (Fsp3) is 0.345. The summed E-state index contributed by atoms with van der Waals surface area (Å²) < 4.78 is 7.84. The van der Waals surface area contributed by atoms with E-state index in [4.69, 9.17) is 4.74 Å². The van der Waals surface area contributed by atoms with Crippen LogP contribution in [0.1, 0.15) is 40.7 Å². The van der Waals surface area contributed by atoms with Gasteiger partial charge in [-0.15, -0.1) is 0 Å². The molecule has 184 valence electrons. The Morgan fingerprint density at radius 3 is 2.72 bits per heavy atom. The second kappa shape index (κ2) is 8.75. The number of amides is 1. The van der Waals surface area contributed by atoms with Crippen molar-refractivity contribution in [1.29, 1.82) is 0 Å². The Hall–Kier alpha value is -3.71. The van der Waals surface area contributed by atoms with Crippen molar-refractivity contribution < 1.29 is 9.53 Å². The van der Waals surface area contributed by atoms with Crippen molar-refractivity contribution in [2.24, 2.45) is 7.05 Å². The Labute approximate surface area is 211 Å². The molecule has 3 heterocycles. The van der Waals surface area contributed by atoms with E-state index in [1.807, 2.05) is 56.8 Å². The number of nitrogens with one attached hydrogen (secondary N) is 1. The zero-order valence-corrected chi connectivity index (χ0v) is 21.0. The molecule has 0 spiro atoms. The molecular weight excluding hydrogens is 450 g/mol. The van der Waals surface area contributed by atoms with E-state index in [9.17, 15) is 4.79 Å². The molecule has 7 heteroatoms. The first-order valence-corrected chi connectivity index (χ1v) is 12.6.